The van der Waals surface area contributed by atoms with Gasteiger partial charge in [0.1, 0.15) is 0 Å². The Morgan fingerprint density at radius 1 is 1.17 bits per heavy atom. The standard InChI is InChI=1S/C9H6BrN.BrH/c10-8-5-7-3-1-2-4-9(7)11-6-8;/h1-6H;1H. The van der Waals surface area contributed by atoms with E-state index in [0.717, 1.165) is 9.99 Å². The summed E-state index contributed by atoms with van der Waals surface area (Å²) < 4.78 is 1.02. The molecule has 0 N–H and O–H groups in total. The SMILES string of the molecule is Br.Brc1cnc2ccccc2c1. The molecule has 3 heteroatoms. The maximum Gasteiger partial charge on any atom is 0.0702 e. The van der Waals surface area contributed by atoms with E-state index >= 15 is 0 Å². The highest BCUT2D eigenvalue weighted by atomic mass is 79.9. The zero-order chi connectivity index (χ0) is 7.68. The molecule has 0 spiro atoms. The number of rotatable bonds is 0. The maximum atomic E-state index is 4.23. The first-order chi connectivity index (χ1) is 5.36. The average Bonchev–Trinajstić information content (AvgIpc) is 2.04. The van der Waals surface area contributed by atoms with Crippen LogP contribution in [0.5, 0.6) is 0 Å². The maximum absolute atomic E-state index is 4.23. The predicted octanol–water partition coefficient (Wildman–Crippen LogP) is 3.58. The largest absolute Gasteiger partial charge is 0.255 e. The molecule has 12 heavy (non-hydrogen) atoms. The number of halogens is 2. The smallest absolute Gasteiger partial charge is 0.0702 e. The molecule has 0 saturated heterocycles. The van der Waals surface area contributed by atoms with Crippen LogP contribution in [0.3, 0.4) is 0 Å². The zero-order valence-electron chi connectivity index (χ0n) is 6.20. The van der Waals surface area contributed by atoms with Gasteiger partial charge in [-0.1, -0.05) is 18.2 Å². The molecule has 0 radical (unpaired) electrons. The van der Waals surface area contributed by atoms with Gasteiger partial charge in [0, 0.05) is 16.1 Å². The third-order valence-corrected chi connectivity index (χ3v) is 1.99. The second-order valence-electron chi connectivity index (χ2n) is 2.35. The quantitative estimate of drug-likeness (QED) is 0.722. The number of fused-ring (bicyclic) bond motifs is 1. The first kappa shape index (κ1) is 9.68. The van der Waals surface area contributed by atoms with Gasteiger partial charge < -0.3 is 0 Å². The lowest BCUT2D eigenvalue weighted by Crippen LogP contribution is -1.76. The van der Waals surface area contributed by atoms with E-state index in [9.17, 15) is 0 Å². The Balaban J connectivity index is 0.000000720. The van der Waals surface area contributed by atoms with Crippen molar-refractivity contribution < 1.29 is 0 Å². The Hall–Kier alpha value is -0.410. The summed E-state index contributed by atoms with van der Waals surface area (Å²) in [6.07, 6.45) is 1.81. The minimum Gasteiger partial charge on any atom is -0.255 e. The molecule has 2 rings (SSSR count). The number of para-hydroxylation sites is 1. The molecule has 0 aliphatic heterocycles. The molecule has 1 nitrogen and oxygen atoms in total. The van der Waals surface area contributed by atoms with E-state index < -0.39 is 0 Å². The lowest BCUT2D eigenvalue weighted by molar-refractivity contribution is 1.39. The number of hydrogen-bond acceptors (Lipinski definition) is 1. The van der Waals surface area contributed by atoms with Gasteiger partial charge in [0.25, 0.3) is 0 Å². The predicted molar refractivity (Wildman–Crippen MR) is 59.8 cm³/mol. The number of benzene rings is 1. The summed E-state index contributed by atoms with van der Waals surface area (Å²) >= 11 is 3.37. The van der Waals surface area contributed by atoms with Crippen LogP contribution in [0.1, 0.15) is 0 Å². The molecule has 1 aromatic heterocycles. The minimum absolute atomic E-state index is 0. The van der Waals surface area contributed by atoms with E-state index in [-0.39, 0.29) is 17.0 Å². The molecule has 0 fully saturated rings. The Bertz CT molecular complexity index is 387. The van der Waals surface area contributed by atoms with Crippen molar-refractivity contribution in [3.63, 3.8) is 0 Å². The summed E-state index contributed by atoms with van der Waals surface area (Å²) in [7, 11) is 0. The van der Waals surface area contributed by atoms with E-state index in [2.05, 4.69) is 27.0 Å². The van der Waals surface area contributed by atoms with Gasteiger partial charge in [-0.15, -0.1) is 17.0 Å². The zero-order valence-corrected chi connectivity index (χ0v) is 9.50. The number of hydrogen-bond donors (Lipinski definition) is 0. The van der Waals surface area contributed by atoms with E-state index in [0.29, 0.717) is 0 Å². The van der Waals surface area contributed by atoms with Gasteiger partial charge >= 0.3 is 0 Å². The van der Waals surface area contributed by atoms with Crippen molar-refractivity contribution in [2.75, 3.05) is 0 Å². The van der Waals surface area contributed by atoms with E-state index in [1.165, 1.54) is 5.39 Å². The van der Waals surface area contributed by atoms with Crippen LogP contribution in [0, 0.1) is 0 Å². The molecule has 0 unspecified atom stereocenters. The monoisotopic (exact) mass is 287 g/mol. The van der Waals surface area contributed by atoms with Crippen LogP contribution in [-0.4, -0.2) is 4.98 Å². The molecule has 0 amide bonds. The van der Waals surface area contributed by atoms with Crippen molar-refractivity contribution in [2.45, 2.75) is 0 Å². The van der Waals surface area contributed by atoms with Gasteiger partial charge in [0.2, 0.25) is 0 Å². The van der Waals surface area contributed by atoms with Crippen LogP contribution >= 0.6 is 32.9 Å². The second-order valence-corrected chi connectivity index (χ2v) is 3.26. The van der Waals surface area contributed by atoms with Crippen molar-refractivity contribution in [2.24, 2.45) is 0 Å². The Labute approximate surface area is 89.7 Å². The first-order valence-electron chi connectivity index (χ1n) is 3.36. The highest BCUT2D eigenvalue weighted by molar-refractivity contribution is 9.10. The average molecular weight is 289 g/mol. The highest BCUT2D eigenvalue weighted by Gasteiger charge is 1.92. The van der Waals surface area contributed by atoms with Crippen LogP contribution in [0.15, 0.2) is 41.0 Å². The van der Waals surface area contributed by atoms with Gasteiger partial charge in [0.15, 0.2) is 0 Å². The van der Waals surface area contributed by atoms with E-state index in [1.54, 1.807) is 0 Å². The highest BCUT2D eigenvalue weighted by Crippen LogP contribution is 2.15. The Morgan fingerprint density at radius 3 is 2.75 bits per heavy atom. The summed E-state index contributed by atoms with van der Waals surface area (Å²) in [4.78, 5) is 4.23. The molecule has 1 heterocycles. The van der Waals surface area contributed by atoms with Crippen molar-refractivity contribution in [1.82, 2.24) is 4.98 Å². The lowest BCUT2D eigenvalue weighted by Gasteiger charge is -1.94. The van der Waals surface area contributed by atoms with Gasteiger partial charge in [-0.3, -0.25) is 4.98 Å². The van der Waals surface area contributed by atoms with Gasteiger partial charge in [-0.05, 0) is 28.1 Å². The van der Waals surface area contributed by atoms with Gasteiger partial charge in [-0.2, -0.15) is 0 Å². The van der Waals surface area contributed by atoms with Crippen LogP contribution in [-0.2, 0) is 0 Å². The van der Waals surface area contributed by atoms with Crippen molar-refractivity contribution in [3.8, 4) is 0 Å². The molecule has 0 bridgehead atoms. The van der Waals surface area contributed by atoms with Crippen LogP contribution in [0.2, 0.25) is 0 Å². The van der Waals surface area contributed by atoms with Crippen molar-refractivity contribution in [3.05, 3.63) is 41.0 Å². The fourth-order valence-corrected chi connectivity index (χ4v) is 1.39. The van der Waals surface area contributed by atoms with E-state index in [1.807, 2.05) is 30.5 Å². The first-order valence-corrected chi connectivity index (χ1v) is 4.16. The van der Waals surface area contributed by atoms with Gasteiger partial charge in [-0.25, -0.2) is 0 Å². The topological polar surface area (TPSA) is 12.9 Å². The van der Waals surface area contributed by atoms with Crippen LogP contribution in [0.4, 0.5) is 0 Å². The Kier molecular flexibility index (Phi) is 3.23. The summed E-state index contributed by atoms with van der Waals surface area (Å²) in [6, 6.07) is 10.1. The Morgan fingerprint density at radius 2 is 1.92 bits per heavy atom. The molecule has 2 aromatic rings. The molecule has 0 atom stereocenters. The molecule has 0 saturated carbocycles. The number of aromatic nitrogens is 1. The third kappa shape index (κ3) is 1.84. The van der Waals surface area contributed by atoms with Crippen LogP contribution < -0.4 is 0 Å². The molecule has 0 aliphatic carbocycles. The summed E-state index contributed by atoms with van der Waals surface area (Å²) in [5.74, 6) is 0. The summed E-state index contributed by atoms with van der Waals surface area (Å²) in [6.45, 7) is 0. The second kappa shape index (κ2) is 4.01. The lowest BCUT2D eigenvalue weighted by atomic mass is 10.2. The summed E-state index contributed by atoms with van der Waals surface area (Å²) in [5.41, 5.74) is 1.04. The minimum atomic E-state index is 0. The summed E-state index contributed by atoms with van der Waals surface area (Å²) in [5, 5.41) is 1.17. The molecular formula is C9H7Br2N. The molecule has 62 valence electrons. The van der Waals surface area contributed by atoms with Gasteiger partial charge in [0.05, 0.1) is 5.52 Å². The fourth-order valence-electron chi connectivity index (χ4n) is 1.04. The molecule has 1 aromatic carbocycles. The molecular weight excluding hydrogens is 282 g/mol. The fraction of sp³-hybridized carbons (Fsp3) is 0. The number of nitrogens with zero attached hydrogens (tertiary/aromatic N) is 1. The number of pyridine rings is 1. The van der Waals surface area contributed by atoms with Crippen molar-refractivity contribution in [1.29, 1.82) is 0 Å². The van der Waals surface area contributed by atoms with Crippen molar-refractivity contribution >= 4 is 43.8 Å². The normalized spacial score (nSPS) is 9.42. The van der Waals surface area contributed by atoms with Crippen LogP contribution in [0.25, 0.3) is 10.9 Å². The third-order valence-electron chi connectivity index (χ3n) is 1.56. The van der Waals surface area contributed by atoms with E-state index in [4.69, 9.17) is 0 Å². The molecule has 0 aliphatic rings.